The molecule has 2 aromatic carbocycles. The Labute approximate surface area is 118 Å². The molecule has 0 amide bonds. The van der Waals surface area contributed by atoms with Gasteiger partial charge in [0.1, 0.15) is 17.2 Å². The van der Waals surface area contributed by atoms with Crippen molar-refractivity contribution in [1.82, 2.24) is 0 Å². The van der Waals surface area contributed by atoms with Crippen molar-refractivity contribution in [3.05, 3.63) is 54.1 Å². The van der Waals surface area contributed by atoms with E-state index in [9.17, 15) is 5.11 Å². The van der Waals surface area contributed by atoms with Gasteiger partial charge in [0, 0.05) is 12.5 Å². The molecule has 20 heavy (non-hydrogen) atoms. The molecule has 2 rings (SSSR count). The number of hydrogen-bond donors (Lipinski definition) is 2. The van der Waals surface area contributed by atoms with Crippen molar-refractivity contribution in [3.8, 4) is 17.2 Å². The zero-order valence-electron chi connectivity index (χ0n) is 11.5. The number of rotatable bonds is 6. The number of nitrogens with two attached hydrogens (primary N) is 1. The van der Waals surface area contributed by atoms with Gasteiger partial charge < -0.3 is 20.3 Å². The molecule has 0 saturated heterocycles. The van der Waals surface area contributed by atoms with Crippen LogP contribution in [0.2, 0.25) is 0 Å². The van der Waals surface area contributed by atoms with Gasteiger partial charge in [-0.1, -0.05) is 12.1 Å². The molecule has 4 heteroatoms. The second kappa shape index (κ2) is 6.82. The zero-order chi connectivity index (χ0) is 14.4. The van der Waals surface area contributed by atoms with Crippen LogP contribution in [0, 0.1) is 0 Å². The van der Waals surface area contributed by atoms with Crippen molar-refractivity contribution in [2.75, 3.05) is 20.3 Å². The molecule has 3 N–H and O–H groups in total. The summed E-state index contributed by atoms with van der Waals surface area (Å²) in [5.41, 5.74) is 6.76. The second-order valence-electron chi connectivity index (χ2n) is 4.51. The average Bonchev–Trinajstić information content (AvgIpc) is 2.48. The van der Waals surface area contributed by atoms with Crippen molar-refractivity contribution >= 4 is 0 Å². The fourth-order valence-electron chi connectivity index (χ4n) is 1.95. The largest absolute Gasteiger partial charge is 0.508 e. The van der Waals surface area contributed by atoms with Gasteiger partial charge in [0.25, 0.3) is 0 Å². The molecule has 1 unspecified atom stereocenters. The summed E-state index contributed by atoms with van der Waals surface area (Å²) in [6.45, 7) is 0.923. The molecule has 2 aromatic rings. The highest BCUT2D eigenvalue weighted by molar-refractivity contribution is 5.32. The van der Waals surface area contributed by atoms with Gasteiger partial charge in [0.2, 0.25) is 0 Å². The topological polar surface area (TPSA) is 64.7 Å². The average molecular weight is 273 g/mol. The normalized spacial score (nSPS) is 11.9. The monoisotopic (exact) mass is 273 g/mol. The zero-order valence-corrected chi connectivity index (χ0v) is 11.5. The Bertz CT molecular complexity index is 540. The summed E-state index contributed by atoms with van der Waals surface area (Å²) < 4.78 is 10.8. The van der Waals surface area contributed by atoms with E-state index in [1.807, 2.05) is 30.3 Å². The molecule has 0 saturated carbocycles. The van der Waals surface area contributed by atoms with Crippen molar-refractivity contribution in [2.45, 2.75) is 5.92 Å². The van der Waals surface area contributed by atoms with Gasteiger partial charge in [0.15, 0.2) is 0 Å². The maximum atomic E-state index is 9.50. The van der Waals surface area contributed by atoms with Gasteiger partial charge in [-0.25, -0.2) is 0 Å². The molecule has 4 nitrogen and oxygen atoms in total. The first kappa shape index (κ1) is 14.2. The summed E-state index contributed by atoms with van der Waals surface area (Å²) in [6, 6.07) is 14.5. The van der Waals surface area contributed by atoms with Crippen molar-refractivity contribution in [1.29, 1.82) is 0 Å². The van der Waals surface area contributed by atoms with Crippen LogP contribution in [0.15, 0.2) is 48.5 Å². The standard InChI is InChI=1S/C16H19NO3/c1-19-15-5-7-16(8-6-15)20-11-13(10-17)12-3-2-4-14(18)9-12/h2-9,13,18H,10-11,17H2,1H3. The van der Waals surface area contributed by atoms with Crippen LogP contribution in [0.5, 0.6) is 17.2 Å². The Morgan fingerprint density at radius 3 is 2.40 bits per heavy atom. The Kier molecular flexibility index (Phi) is 4.85. The minimum absolute atomic E-state index is 0.0456. The summed E-state index contributed by atoms with van der Waals surface area (Å²) in [5.74, 6) is 1.85. The predicted octanol–water partition coefficient (Wildman–Crippen LogP) is 2.52. The SMILES string of the molecule is COc1ccc(OCC(CN)c2cccc(O)c2)cc1. The van der Waals surface area contributed by atoms with E-state index in [1.54, 1.807) is 25.3 Å². The van der Waals surface area contributed by atoms with Crippen molar-refractivity contribution < 1.29 is 14.6 Å². The number of benzene rings is 2. The molecule has 0 aromatic heterocycles. The van der Waals surface area contributed by atoms with Gasteiger partial charge in [0.05, 0.1) is 13.7 Å². The third-order valence-corrected chi connectivity index (χ3v) is 3.14. The molecule has 0 fully saturated rings. The number of aromatic hydroxyl groups is 1. The maximum absolute atomic E-state index is 9.50. The van der Waals surface area contributed by atoms with Gasteiger partial charge >= 0.3 is 0 Å². The fraction of sp³-hybridized carbons (Fsp3) is 0.250. The lowest BCUT2D eigenvalue weighted by Crippen LogP contribution is -2.19. The summed E-state index contributed by atoms with van der Waals surface area (Å²) in [5, 5.41) is 9.50. The molecular weight excluding hydrogens is 254 g/mol. The van der Waals surface area contributed by atoms with E-state index >= 15 is 0 Å². The minimum atomic E-state index is 0.0456. The van der Waals surface area contributed by atoms with Crippen LogP contribution in [0.25, 0.3) is 0 Å². The number of ether oxygens (including phenoxy) is 2. The molecule has 0 radical (unpaired) electrons. The summed E-state index contributed by atoms with van der Waals surface area (Å²) in [7, 11) is 1.63. The number of phenols is 1. The van der Waals surface area contributed by atoms with E-state index in [2.05, 4.69) is 0 Å². The van der Waals surface area contributed by atoms with Crippen LogP contribution in [0.4, 0.5) is 0 Å². The lowest BCUT2D eigenvalue weighted by molar-refractivity contribution is 0.289. The summed E-state index contributed by atoms with van der Waals surface area (Å²) in [4.78, 5) is 0. The first-order valence-corrected chi connectivity index (χ1v) is 6.48. The van der Waals surface area contributed by atoms with Gasteiger partial charge in [-0.3, -0.25) is 0 Å². The Morgan fingerprint density at radius 2 is 1.80 bits per heavy atom. The highest BCUT2D eigenvalue weighted by Gasteiger charge is 2.11. The van der Waals surface area contributed by atoms with Gasteiger partial charge in [-0.15, -0.1) is 0 Å². The van der Waals surface area contributed by atoms with E-state index in [0.29, 0.717) is 13.2 Å². The molecule has 0 aliphatic heterocycles. The molecule has 0 aliphatic rings. The number of hydrogen-bond acceptors (Lipinski definition) is 4. The Hall–Kier alpha value is -2.20. The molecular formula is C16H19NO3. The summed E-state index contributed by atoms with van der Waals surface area (Å²) >= 11 is 0. The molecule has 0 bridgehead atoms. The molecule has 0 aliphatic carbocycles. The molecule has 1 atom stereocenters. The van der Waals surface area contributed by atoms with Gasteiger partial charge in [-0.2, -0.15) is 0 Å². The molecule has 0 heterocycles. The lowest BCUT2D eigenvalue weighted by atomic mass is 10.00. The van der Waals surface area contributed by atoms with Crippen LogP contribution in [-0.4, -0.2) is 25.4 Å². The smallest absolute Gasteiger partial charge is 0.119 e. The highest BCUT2D eigenvalue weighted by atomic mass is 16.5. The fourth-order valence-corrected chi connectivity index (χ4v) is 1.95. The predicted molar refractivity (Wildman–Crippen MR) is 78.4 cm³/mol. The van der Waals surface area contributed by atoms with E-state index in [4.69, 9.17) is 15.2 Å². The quantitative estimate of drug-likeness (QED) is 0.849. The van der Waals surface area contributed by atoms with E-state index in [0.717, 1.165) is 17.1 Å². The lowest BCUT2D eigenvalue weighted by Gasteiger charge is -2.16. The van der Waals surface area contributed by atoms with Crippen LogP contribution < -0.4 is 15.2 Å². The van der Waals surface area contributed by atoms with Crippen molar-refractivity contribution in [3.63, 3.8) is 0 Å². The summed E-state index contributed by atoms with van der Waals surface area (Å²) in [6.07, 6.45) is 0. The van der Waals surface area contributed by atoms with E-state index < -0.39 is 0 Å². The van der Waals surface area contributed by atoms with Crippen LogP contribution >= 0.6 is 0 Å². The third kappa shape index (κ3) is 3.65. The van der Waals surface area contributed by atoms with E-state index in [-0.39, 0.29) is 11.7 Å². The minimum Gasteiger partial charge on any atom is -0.508 e. The number of phenolic OH excluding ortho intramolecular Hbond substituents is 1. The van der Waals surface area contributed by atoms with Crippen LogP contribution in [-0.2, 0) is 0 Å². The van der Waals surface area contributed by atoms with Crippen LogP contribution in [0.3, 0.4) is 0 Å². The number of methoxy groups -OCH3 is 1. The van der Waals surface area contributed by atoms with Crippen LogP contribution in [0.1, 0.15) is 11.5 Å². The Balaban J connectivity index is 1.99. The van der Waals surface area contributed by atoms with Gasteiger partial charge in [-0.05, 0) is 42.0 Å². The van der Waals surface area contributed by atoms with E-state index in [1.165, 1.54) is 0 Å². The first-order valence-electron chi connectivity index (χ1n) is 6.48. The maximum Gasteiger partial charge on any atom is 0.119 e. The van der Waals surface area contributed by atoms with Crippen molar-refractivity contribution in [2.24, 2.45) is 5.73 Å². The Morgan fingerprint density at radius 1 is 1.10 bits per heavy atom. The highest BCUT2D eigenvalue weighted by Crippen LogP contribution is 2.22. The molecule has 106 valence electrons. The molecule has 0 spiro atoms. The first-order chi connectivity index (χ1) is 9.72. The second-order valence-corrected chi connectivity index (χ2v) is 4.51. The third-order valence-electron chi connectivity index (χ3n) is 3.14.